The molecule has 4 rings (SSSR count). The molecule has 3 aromatic carbocycles. The molecule has 0 saturated carbocycles. The fourth-order valence-corrected chi connectivity index (χ4v) is 4.82. The van der Waals surface area contributed by atoms with E-state index < -0.39 is 21.7 Å². The van der Waals surface area contributed by atoms with E-state index in [0.29, 0.717) is 0 Å². The number of rotatable bonds is 8. The molecule has 1 aliphatic rings. The topological polar surface area (TPSA) is 67.4 Å². The van der Waals surface area contributed by atoms with E-state index in [-0.39, 0.29) is 29.1 Å². The minimum Gasteiger partial charge on any atom is -0.452 e. The summed E-state index contributed by atoms with van der Waals surface area (Å²) < 4.78 is 60.0. The summed E-state index contributed by atoms with van der Waals surface area (Å²) >= 11 is 0. The lowest BCUT2D eigenvalue weighted by molar-refractivity contribution is 0.438. The zero-order chi connectivity index (χ0) is 23.6. The molecule has 33 heavy (non-hydrogen) atoms. The third kappa shape index (κ3) is 5.34. The van der Waals surface area contributed by atoms with E-state index in [0.717, 1.165) is 54.5 Å². The Labute approximate surface area is 192 Å². The van der Waals surface area contributed by atoms with Crippen LogP contribution in [0.4, 0.5) is 14.5 Å². The minimum atomic E-state index is -3.64. The van der Waals surface area contributed by atoms with Gasteiger partial charge in [-0.15, -0.1) is 0 Å². The Hall–Kier alpha value is -2.97. The standard InChI is InChI=1S/C25H26F2N2O3S/c1-3-11-28-22-13-18(16-7-5-4-6-8-16)19-14-23(29-33(2,30)31)25(15-20(19)22)32-24-10-9-17(26)12-21(24)27/h4-10,12,14-15,18,22,28-29H,3,11,13H2,1-2H3. The number of ether oxygens (including phenoxy) is 1. The van der Waals surface area contributed by atoms with Gasteiger partial charge in [-0.3, -0.25) is 4.72 Å². The van der Waals surface area contributed by atoms with Crippen molar-refractivity contribution in [2.75, 3.05) is 17.5 Å². The van der Waals surface area contributed by atoms with Gasteiger partial charge in [0.15, 0.2) is 17.3 Å². The molecule has 8 heteroatoms. The van der Waals surface area contributed by atoms with Gasteiger partial charge in [-0.05, 0) is 60.3 Å². The quantitative estimate of drug-likeness (QED) is 0.441. The van der Waals surface area contributed by atoms with Gasteiger partial charge in [0, 0.05) is 18.0 Å². The van der Waals surface area contributed by atoms with E-state index in [2.05, 4.69) is 29.1 Å². The monoisotopic (exact) mass is 472 g/mol. The molecule has 5 nitrogen and oxygen atoms in total. The third-order valence-electron chi connectivity index (χ3n) is 5.66. The molecule has 0 aliphatic heterocycles. The van der Waals surface area contributed by atoms with E-state index in [1.54, 1.807) is 12.1 Å². The second kappa shape index (κ2) is 9.49. The van der Waals surface area contributed by atoms with Crippen LogP contribution in [0.5, 0.6) is 11.5 Å². The van der Waals surface area contributed by atoms with Gasteiger partial charge in [-0.25, -0.2) is 17.2 Å². The number of sulfonamides is 1. The van der Waals surface area contributed by atoms with Crippen LogP contribution in [0.3, 0.4) is 0 Å². The Kier molecular flexibility index (Phi) is 6.67. The van der Waals surface area contributed by atoms with Crippen molar-refractivity contribution >= 4 is 15.7 Å². The van der Waals surface area contributed by atoms with Crippen LogP contribution in [-0.4, -0.2) is 21.2 Å². The van der Waals surface area contributed by atoms with Crippen LogP contribution in [0.1, 0.15) is 48.4 Å². The number of hydrogen-bond donors (Lipinski definition) is 2. The van der Waals surface area contributed by atoms with Gasteiger partial charge in [0.05, 0.1) is 11.9 Å². The Morgan fingerprint density at radius 3 is 2.42 bits per heavy atom. The summed E-state index contributed by atoms with van der Waals surface area (Å²) in [7, 11) is -3.64. The predicted octanol–water partition coefficient (Wildman–Crippen LogP) is 5.70. The molecule has 2 N–H and O–H groups in total. The van der Waals surface area contributed by atoms with Gasteiger partial charge in [-0.1, -0.05) is 37.3 Å². The molecule has 2 unspecified atom stereocenters. The highest BCUT2D eigenvalue weighted by molar-refractivity contribution is 7.92. The van der Waals surface area contributed by atoms with Crippen molar-refractivity contribution in [2.24, 2.45) is 0 Å². The van der Waals surface area contributed by atoms with Gasteiger partial charge in [0.2, 0.25) is 10.0 Å². The SMILES string of the molecule is CCCNC1CC(c2ccccc2)c2cc(NS(C)(=O)=O)c(Oc3ccc(F)cc3F)cc21. The third-order valence-corrected chi connectivity index (χ3v) is 6.25. The summed E-state index contributed by atoms with van der Waals surface area (Å²) in [6.07, 6.45) is 2.80. The first-order valence-corrected chi connectivity index (χ1v) is 12.7. The maximum absolute atomic E-state index is 14.3. The van der Waals surface area contributed by atoms with Gasteiger partial charge < -0.3 is 10.1 Å². The molecule has 0 amide bonds. The van der Waals surface area contributed by atoms with Crippen LogP contribution in [0.15, 0.2) is 60.7 Å². The molecule has 2 atom stereocenters. The summed E-state index contributed by atoms with van der Waals surface area (Å²) in [6.45, 7) is 2.90. The summed E-state index contributed by atoms with van der Waals surface area (Å²) in [5.41, 5.74) is 3.28. The van der Waals surface area contributed by atoms with Gasteiger partial charge in [0.25, 0.3) is 0 Å². The van der Waals surface area contributed by atoms with Crippen molar-refractivity contribution in [3.8, 4) is 11.5 Å². The largest absolute Gasteiger partial charge is 0.452 e. The van der Waals surface area contributed by atoms with Crippen LogP contribution in [0, 0.1) is 11.6 Å². The Morgan fingerprint density at radius 1 is 1.00 bits per heavy atom. The average Bonchev–Trinajstić information content (AvgIpc) is 3.11. The van der Waals surface area contributed by atoms with Crippen molar-refractivity contribution in [1.82, 2.24) is 5.32 Å². The molecule has 0 bridgehead atoms. The number of halogens is 2. The summed E-state index contributed by atoms with van der Waals surface area (Å²) in [6, 6.07) is 16.6. The lowest BCUT2D eigenvalue weighted by Crippen LogP contribution is -2.20. The summed E-state index contributed by atoms with van der Waals surface area (Å²) in [5.74, 6) is -1.57. The lowest BCUT2D eigenvalue weighted by atomic mass is 9.92. The van der Waals surface area contributed by atoms with E-state index in [9.17, 15) is 17.2 Å². The number of anilines is 1. The van der Waals surface area contributed by atoms with Crippen molar-refractivity contribution < 1.29 is 21.9 Å². The molecule has 0 spiro atoms. The molecular weight excluding hydrogens is 446 g/mol. The van der Waals surface area contributed by atoms with Gasteiger partial charge in [-0.2, -0.15) is 0 Å². The predicted molar refractivity (Wildman–Crippen MR) is 125 cm³/mol. The molecule has 0 aromatic heterocycles. The molecule has 1 aliphatic carbocycles. The first kappa shape index (κ1) is 23.2. The van der Waals surface area contributed by atoms with E-state index in [1.807, 2.05) is 18.2 Å². The Morgan fingerprint density at radius 2 is 1.76 bits per heavy atom. The zero-order valence-corrected chi connectivity index (χ0v) is 19.3. The highest BCUT2D eigenvalue weighted by Crippen LogP contribution is 2.48. The van der Waals surface area contributed by atoms with E-state index in [4.69, 9.17) is 4.74 Å². The van der Waals surface area contributed by atoms with Crippen LogP contribution < -0.4 is 14.8 Å². The molecule has 0 heterocycles. The second-order valence-corrected chi connectivity index (χ2v) is 9.98. The molecule has 0 radical (unpaired) electrons. The number of fused-ring (bicyclic) bond motifs is 1. The highest BCUT2D eigenvalue weighted by atomic mass is 32.2. The lowest BCUT2D eigenvalue weighted by Gasteiger charge is -2.18. The number of nitrogens with one attached hydrogen (secondary N) is 2. The Balaban J connectivity index is 1.83. The van der Waals surface area contributed by atoms with Crippen molar-refractivity contribution in [1.29, 1.82) is 0 Å². The second-order valence-electron chi connectivity index (χ2n) is 8.23. The van der Waals surface area contributed by atoms with Crippen LogP contribution in [0.25, 0.3) is 0 Å². The molecular formula is C25H26F2N2O3S. The minimum absolute atomic E-state index is 0.0258. The highest BCUT2D eigenvalue weighted by Gasteiger charge is 2.33. The van der Waals surface area contributed by atoms with Crippen molar-refractivity contribution in [3.05, 3.63) is 89.0 Å². The first-order chi connectivity index (χ1) is 15.7. The fraction of sp³-hybridized carbons (Fsp3) is 0.280. The first-order valence-electron chi connectivity index (χ1n) is 10.8. The maximum atomic E-state index is 14.3. The van der Waals surface area contributed by atoms with Crippen LogP contribution >= 0.6 is 0 Å². The van der Waals surface area contributed by atoms with Gasteiger partial charge in [0.1, 0.15) is 5.82 Å². The van der Waals surface area contributed by atoms with Crippen LogP contribution in [-0.2, 0) is 10.0 Å². The average molecular weight is 473 g/mol. The van der Waals surface area contributed by atoms with E-state index in [1.165, 1.54) is 6.07 Å². The molecule has 174 valence electrons. The number of benzene rings is 3. The Bertz CT molecular complexity index is 1250. The van der Waals surface area contributed by atoms with Crippen LogP contribution in [0.2, 0.25) is 0 Å². The van der Waals surface area contributed by atoms with E-state index >= 15 is 0 Å². The maximum Gasteiger partial charge on any atom is 0.229 e. The summed E-state index contributed by atoms with van der Waals surface area (Å²) in [5, 5.41) is 3.55. The molecule has 0 saturated heterocycles. The van der Waals surface area contributed by atoms with Crippen molar-refractivity contribution in [2.45, 2.75) is 31.7 Å². The molecule has 3 aromatic rings. The zero-order valence-electron chi connectivity index (χ0n) is 18.4. The fourth-order valence-electron chi connectivity index (χ4n) is 4.26. The molecule has 0 fully saturated rings. The smallest absolute Gasteiger partial charge is 0.229 e. The normalized spacial score (nSPS) is 17.6. The number of hydrogen-bond acceptors (Lipinski definition) is 4. The summed E-state index contributed by atoms with van der Waals surface area (Å²) in [4.78, 5) is 0. The van der Waals surface area contributed by atoms with Gasteiger partial charge >= 0.3 is 0 Å². The van der Waals surface area contributed by atoms with Crippen molar-refractivity contribution in [3.63, 3.8) is 0 Å².